The van der Waals surface area contributed by atoms with E-state index in [2.05, 4.69) is 5.32 Å². The van der Waals surface area contributed by atoms with Crippen molar-refractivity contribution in [3.63, 3.8) is 0 Å². The number of benzene rings is 2. The Morgan fingerprint density at radius 3 is 2.62 bits per heavy atom. The van der Waals surface area contributed by atoms with Gasteiger partial charge in [-0.2, -0.15) is 0 Å². The number of amides is 1. The number of esters is 1. The van der Waals surface area contributed by atoms with Crippen LogP contribution in [0.15, 0.2) is 48.5 Å². The van der Waals surface area contributed by atoms with Gasteiger partial charge in [0.1, 0.15) is 0 Å². The van der Waals surface area contributed by atoms with Gasteiger partial charge in [0.25, 0.3) is 5.91 Å². The van der Waals surface area contributed by atoms with Gasteiger partial charge in [0.2, 0.25) is 0 Å². The molecule has 0 saturated heterocycles. The van der Waals surface area contributed by atoms with Crippen LogP contribution in [-0.2, 0) is 16.0 Å². The van der Waals surface area contributed by atoms with Crippen LogP contribution < -0.4 is 5.32 Å². The lowest BCUT2D eigenvalue weighted by atomic mass is 9.89. The van der Waals surface area contributed by atoms with Crippen LogP contribution in [0.4, 0.5) is 5.69 Å². The smallest absolute Gasteiger partial charge is 0.339 e. The third-order valence-corrected chi connectivity index (χ3v) is 4.09. The lowest BCUT2D eigenvalue weighted by Crippen LogP contribution is -2.48. The molecule has 2 aromatic rings. The van der Waals surface area contributed by atoms with E-state index in [1.165, 1.54) is 6.92 Å². The van der Waals surface area contributed by atoms with E-state index in [9.17, 15) is 14.4 Å². The molecule has 3 rings (SSSR count). The van der Waals surface area contributed by atoms with Gasteiger partial charge >= 0.3 is 5.97 Å². The molecule has 0 fully saturated rings. The van der Waals surface area contributed by atoms with Crippen LogP contribution in [0.2, 0.25) is 0 Å². The van der Waals surface area contributed by atoms with Gasteiger partial charge in [-0.05, 0) is 37.6 Å². The van der Waals surface area contributed by atoms with Crippen LogP contribution in [0.3, 0.4) is 0 Å². The Bertz CT molecular complexity index is 843. The first-order valence-electron chi connectivity index (χ1n) is 7.63. The number of hydrogen-bond acceptors (Lipinski definition) is 4. The Labute approximate surface area is 139 Å². The molecule has 0 unspecified atom stereocenters. The summed E-state index contributed by atoms with van der Waals surface area (Å²) >= 11 is 0. The summed E-state index contributed by atoms with van der Waals surface area (Å²) in [5.74, 6) is -1.02. The Morgan fingerprint density at radius 1 is 1.12 bits per heavy atom. The molecular formula is C19H17NO4. The Kier molecular flexibility index (Phi) is 3.93. The van der Waals surface area contributed by atoms with E-state index in [0.29, 0.717) is 23.2 Å². The zero-order valence-corrected chi connectivity index (χ0v) is 13.5. The van der Waals surface area contributed by atoms with Crippen molar-refractivity contribution in [1.29, 1.82) is 0 Å². The summed E-state index contributed by atoms with van der Waals surface area (Å²) in [6.45, 7) is 3.05. The van der Waals surface area contributed by atoms with E-state index >= 15 is 0 Å². The summed E-state index contributed by atoms with van der Waals surface area (Å²) in [4.78, 5) is 36.3. The molecule has 0 saturated carbocycles. The van der Waals surface area contributed by atoms with Crippen LogP contribution in [0.1, 0.15) is 40.1 Å². The maximum atomic E-state index is 12.7. The van der Waals surface area contributed by atoms with Crippen LogP contribution in [0, 0.1) is 0 Å². The van der Waals surface area contributed by atoms with Crippen LogP contribution in [-0.4, -0.2) is 23.3 Å². The molecule has 0 aliphatic carbocycles. The summed E-state index contributed by atoms with van der Waals surface area (Å²) in [6, 6.07) is 13.7. The van der Waals surface area contributed by atoms with Gasteiger partial charge in [0, 0.05) is 17.7 Å². The number of carbonyl (C=O) groups is 3. The quantitative estimate of drug-likeness (QED) is 0.696. The second-order valence-corrected chi connectivity index (χ2v) is 6.05. The van der Waals surface area contributed by atoms with Gasteiger partial charge in [-0.1, -0.05) is 30.3 Å². The topological polar surface area (TPSA) is 72.5 Å². The standard InChI is InChI=1S/C19H17NO4/c1-12(21)13-7-5-8-15(10-13)20-18(23)19(2)11-14-6-3-4-9-16(14)17(22)24-19/h3-10H,11H2,1-2H3,(H,20,23)/t19-/m0/s1. The fourth-order valence-corrected chi connectivity index (χ4v) is 2.74. The number of cyclic esters (lactones) is 1. The number of carbonyl (C=O) groups excluding carboxylic acids is 3. The van der Waals surface area contributed by atoms with E-state index in [1.54, 1.807) is 43.3 Å². The normalized spacial score (nSPS) is 19.2. The van der Waals surface area contributed by atoms with Crippen molar-refractivity contribution >= 4 is 23.3 Å². The summed E-state index contributed by atoms with van der Waals surface area (Å²) in [7, 11) is 0. The number of rotatable bonds is 3. The molecule has 24 heavy (non-hydrogen) atoms. The lowest BCUT2D eigenvalue weighted by molar-refractivity contribution is -0.134. The maximum Gasteiger partial charge on any atom is 0.339 e. The summed E-state index contributed by atoms with van der Waals surface area (Å²) in [5, 5.41) is 2.73. The highest BCUT2D eigenvalue weighted by Gasteiger charge is 2.42. The molecule has 0 bridgehead atoms. The van der Waals surface area contributed by atoms with Crippen LogP contribution in [0.25, 0.3) is 0 Å². The zero-order valence-electron chi connectivity index (χ0n) is 13.5. The van der Waals surface area contributed by atoms with Crippen molar-refractivity contribution in [3.8, 4) is 0 Å². The number of hydrogen-bond donors (Lipinski definition) is 1. The molecule has 122 valence electrons. The first-order valence-corrected chi connectivity index (χ1v) is 7.63. The number of Topliss-reactive ketones (excluding diaryl/α,β-unsaturated/α-hetero) is 1. The minimum atomic E-state index is -1.29. The monoisotopic (exact) mass is 323 g/mol. The summed E-state index contributed by atoms with van der Waals surface area (Å²) in [5.41, 5.74) is 0.968. The SMILES string of the molecule is CC(=O)c1cccc(NC(=O)[C@]2(C)Cc3ccccc3C(=O)O2)c1. The van der Waals surface area contributed by atoms with E-state index in [4.69, 9.17) is 4.74 Å². The Hall–Kier alpha value is -2.95. The molecule has 1 aliphatic heterocycles. The average molecular weight is 323 g/mol. The number of anilines is 1. The molecule has 1 heterocycles. The second-order valence-electron chi connectivity index (χ2n) is 6.05. The summed E-state index contributed by atoms with van der Waals surface area (Å²) in [6.07, 6.45) is 0.299. The highest BCUT2D eigenvalue weighted by molar-refractivity contribution is 6.03. The van der Waals surface area contributed by atoms with Crippen LogP contribution in [0.5, 0.6) is 0 Å². The lowest BCUT2D eigenvalue weighted by Gasteiger charge is -2.33. The molecule has 0 aromatic heterocycles. The summed E-state index contributed by atoms with van der Waals surface area (Å²) < 4.78 is 5.39. The Morgan fingerprint density at radius 2 is 1.88 bits per heavy atom. The fourth-order valence-electron chi connectivity index (χ4n) is 2.74. The van der Waals surface area contributed by atoms with Crippen molar-refractivity contribution in [2.75, 3.05) is 5.32 Å². The van der Waals surface area contributed by atoms with Gasteiger partial charge in [0.15, 0.2) is 11.4 Å². The minimum absolute atomic E-state index is 0.0877. The average Bonchev–Trinajstić information content (AvgIpc) is 2.55. The predicted molar refractivity (Wildman–Crippen MR) is 89.0 cm³/mol. The van der Waals surface area contributed by atoms with Crippen molar-refractivity contribution in [3.05, 3.63) is 65.2 Å². The Balaban J connectivity index is 1.84. The molecule has 2 aromatic carbocycles. The zero-order chi connectivity index (χ0) is 17.3. The minimum Gasteiger partial charge on any atom is -0.445 e. The maximum absolute atomic E-state index is 12.7. The molecule has 1 atom stereocenters. The molecule has 1 amide bonds. The van der Waals surface area contributed by atoms with Gasteiger partial charge in [-0.15, -0.1) is 0 Å². The van der Waals surface area contributed by atoms with E-state index in [1.807, 2.05) is 12.1 Å². The van der Waals surface area contributed by atoms with E-state index in [0.717, 1.165) is 5.56 Å². The van der Waals surface area contributed by atoms with Crippen molar-refractivity contribution in [1.82, 2.24) is 0 Å². The third-order valence-electron chi connectivity index (χ3n) is 4.09. The molecule has 0 spiro atoms. The van der Waals surface area contributed by atoms with Crippen LogP contribution >= 0.6 is 0 Å². The van der Waals surface area contributed by atoms with Gasteiger partial charge in [-0.3, -0.25) is 9.59 Å². The molecule has 1 N–H and O–H groups in total. The largest absolute Gasteiger partial charge is 0.445 e. The van der Waals surface area contributed by atoms with Crippen molar-refractivity contribution in [2.45, 2.75) is 25.9 Å². The highest BCUT2D eigenvalue weighted by atomic mass is 16.6. The van der Waals surface area contributed by atoms with Gasteiger partial charge < -0.3 is 10.1 Å². The van der Waals surface area contributed by atoms with Gasteiger partial charge in [0.05, 0.1) is 5.56 Å². The fraction of sp³-hybridized carbons (Fsp3) is 0.211. The first-order chi connectivity index (χ1) is 11.4. The second kappa shape index (κ2) is 5.92. The first kappa shape index (κ1) is 15.9. The van der Waals surface area contributed by atoms with Crippen molar-refractivity contribution in [2.24, 2.45) is 0 Å². The van der Waals surface area contributed by atoms with E-state index in [-0.39, 0.29) is 5.78 Å². The van der Waals surface area contributed by atoms with Gasteiger partial charge in [-0.25, -0.2) is 4.79 Å². The molecule has 5 heteroatoms. The molecule has 1 aliphatic rings. The number of fused-ring (bicyclic) bond motifs is 1. The number of ketones is 1. The predicted octanol–water partition coefficient (Wildman–Crippen LogP) is 3.00. The number of nitrogens with one attached hydrogen (secondary N) is 1. The van der Waals surface area contributed by atoms with Crippen molar-refractivity contribution < 1.29 is 19.1 Å². The van der Waals surface area contributed by atoms with E-state index < -0.39 is 17.5 Å². The molecular weight excluding hydrogens is 306 g/mol. The number of ether oxygens (including phenoxy) is 1. The molecule has 5 nitrogen and oxygen atoms in total. The highest BCUT2D eigenvalue weighted by Crippen LogP contribution is 2.29. The molecule has 0 radical (unpaired) electrons. The third kappa shape index (κ3) is 2.93.